The van der Waals surface area contributed by atoms with Gasteiger partial charge in [0.25, 0.3) is 0 Å². The van der Waals surface area contributed by atoms with Crippen LogP contribution in [0.2, 0.25) is 0 Å². The molecule has 0 N–H and O–H groups in total. The minimum absolute atomic E-state index is 0.302. The highest BCUT2D eigenvalue weighted by atomic mass is 31.2. The zero-order chi connectivity index (χ0) is 13.1. The second kappa shape index (κ2) is 9.84. The molecule has 102 valence electrons. The number of rotatable bonds is 11. The lowest BCUT2D eigenvalue weighted by molar-refractivity contribution is 0.101. The molecule has 0 radical (unpaired) electrons. The van der Waals surface area contributed by atoms with E-state index in [1.807, 2.05) is 0 Å². The lowest BCUT2D eigenvalue weighted by Gasteiger charge is -2.19. The molecule has 0 amide bonds. The van der Waals surface area contributed by atoms with Crippen LogP contribution < -0.4 is 0 Å². The van der Waals surface area contributed by atoms with Gasteiger partial charge < -0.3 is 0 Å². The fourth-order valence-electron chi connectivity index (χ4n) is 1.21. The van der Waals surface area contributed by atoms with Gasteiger partial charge in [-0.05, 0) is 20.3 Å². The molecule has 0 aromatic carbocycles. The first-order valence-electron chi connectivity index (χ1n) is 6.28. The van der Waals surface area contributed by atoms with Crippen molar-refractivity contribution >= 4 is 7.82 Å². The van der Waals surface area contributed by atoms with Gasteiger partial charge in [-0.25, -0.2) is 4.57 Å². The summed E-state index contributed by atoms with van der Waals surface area (Å²) < 4.78 is 27.7. The van der Waals surface area contributed by atoms with E-state index in [4.69, 9.17) is 13.6 Å². The van der Waals surface area contributed by atoms with E-state index in [0.29, 0.717) is 13.2 Å². The van der Waals surface area contributed by atoms with Crippen molar-refractivity contribution in [2.75, 3.05) is 13.2 Å². The summed E-state index contributed by atoms with van der Waals surface area (Å²) in [6.07, 6.45) is 5.48. The molecule has 0 aliphatic rings. The molecule has 0 unspecified atom stereocenters. The topological polar surface area (TPSA) is 44.8 Å². The summed E-state index contributed by atoms with van der Waals surface area (Å²) in [6.45, 7) is 9.92. The largest absolute Gasteiger partial charge is 0.475 e. The van der Waals surface area contributed by atoms with Crippen molar-refractivity contribution in [3.05, 3.63) is 12.7 Å². The van der Waals surface area contributed by atoms with Gasteiger partial charge in [-0.2, -0.15) is 0 Å². The van der Waals surface area contributed by atoms with Gasteiger partial charge in [0, 0.05) is 0 Å². The first-order chi connectivity index (χ1) is 8.08. The summed E-state index contributed by atoms with van der Waals surface area (Å²) in [5, 5.41) is 0. The van der Waals surface area contributed by atoms with Gasteiger partial charge >= 0.3 is 7.82 Å². The molecular weight excluding hydrogens is 239 g/mol. The molecule has 0 fully saturated rings. The molecule has 0 saturated carbocycles. The van der Waals surface area contributed by atoms with E-state index in [2.05, 4.69) is 13.5 Å². The third-order valence-electron chi connectivity index (χ3n) is 2.16. The Labute approximate surface area is 105 Å². The lowest BCUT2D eigenvalue weighted by Crippen LogP contribution is -2.07. The maximum Gasteiger partial charge on any atom is 0.475 e. The van der Waals surface area contributed by atoms with Gasteiger partial charge in [0.05, 0.1) is 19.3 Å². The summed E-state index contributed by atoms with van der Waals surface area (Å²) >= 11 is 0. The van der Waals surface area contributed by atoms with Crippen molar-refractivity contribution in [1.29, 1.82) is 0 Å². The van der Waals surface area contributed by atoms with E-state index < -0.39 is 7.82 Å². The molecule has 5 heteroatoms. The predicted octanol–water partition coefficient (Wildman–Crippen LogP) is 4.32. The summed E-state index contributed by atoms with van der Waals surface area (Å²) in [7, 11) is -3.41. The molecule has 0 bridgehead atoms. The van der Waals surface area contributed by atoms with Gasteiger partial charge in [0.15, 0.2) is 0 Å². The van der Waals surface area contributed by atoms with Crippen LogP contribution in [0.3, 0.4) is 0 Å². The number of hydrogen-bond acceptors (Lipinski definition) is 4. The molecule has 0 saturated heterocycles. The van der Waals surface area contributed by atoms with E-state index in [1.54, 1.807) is 19.9 Å². The van der Waals surface area contributed by atoms with Crippen molar-refractivity contribution in [3.8, 4) is 0 Å². The Balaban J connectivity index is 4.03. The maximum atomic E-state index is 12.1. The van der Waals surface area contributed by atoms with Crippen LogP contribution >= 0.6 is 7.82 Å². The highest BCUT2D eigenvalue weighted by Crippen LogP contribution is 2.50. The number of phosphoric acid groups is 1. The van der Waals surface area contributed by atoms with E-state index in [0.717, 1.165) is 25.7 Å². The zero-order valence-corrected chi connectivity index (χ0v) is 12.1. The SMILES string of the molecule is C=C[C@H](C)O[P@@](=O)(OCC)OCCCCCC. The van der Waals surface area contributed by atoms with Gasteiger partial charge in [-0.1, -0.05) is 32.3 Å². The zero-order valence-electron chi connectivity index (χ0n) is 11.2. The third-order valence-corrected chi connectivity index (χ3v) is 3.83. The Kier molecular flexibility index (Phi) is 9.75. The molecule has 0 aliphatic carbocycles. The van der Waals surface area contributed by atoms with Gasteiger partial charge in [-0.3, -0.25) is 13.6 Å². The quantitative estimate of drug-likeness (QED) is 0.317. The van der Waals surface area contributed by atoms with Crippen LogP contribution in [0.4, 0.5) is 0 Å². The smallest absolute Gasteiger partial charge is 0.287 e. The van der Waals surface area contributed by atoms with Gasteiger partial charge in [0.2, 0.25) is 0 Å². The van der Waals surface area contributed by atoms with Crippen molar-refractivity contribution in [1.82, 2.24) is 0 Å². The number of unbranched alkanes of at least 4 members (excludes halogenated alkanes) is 3. The Bertz CT molecular complexity index is 243. The van der Waals surface area contributed by atoms with Gasteiger partial charge in [-0.15, -0.1) is 6.58 Å². The second-order valence-corrected chi connectivity index (χ2v) is 5.43. The van der Waals surface area contributed by atoms with Crippen LogP contribution in [-0.2, 0) is 18.1 Å². The standard InChI is InChI=1S/C12H25O4P/c1-5-8-9-10-11-15-17(13,14-7-3)16-12(4)6-2/h6,12H,2,5,7-11H2,1,3-4H3/t12-,17-/m0/s1. The Morgan fingerprint density at radius 1 is 1.24 bits per heavy atom. The summed E-state index contributed by atoms with van der Waals surface area (Å²) in [5.41, 5.74) is 0. The first-order valence-corrected chi connectivity index (χ1v) is 7.74. The molecule has 0 aromatic heterocycles. The van der Waals surface area contributed by atoms with E-state index in [9.17, 15) is 4.57 Å². The van der Waals surface area contributed by atoms with Crippen LogP contribution in [0, 0.1) is 0 Å². The predicted molar refractivity (Wildman–Crippen MR) is 70.1 cm³/mol. The molecule has 0 rings (SSSR count). The van der Waals surface area contributed by atoms with Crippen LogP contribution in [0.25, 0.3) is 0 Å². The van der Waals surface area contributed by atoms with Crippen LogP contribution in [0.15, 0.2) is 12.7 Å². The maximum absolute atomic E-state index is 12.1. The second-order valence-electron chi connectivity index (χ2n) is 3.81. The van der Waals surface area contributed by atoms with Crippen LogP contribution in [0.1, 0.15) is 46.5 Å². The fourth-order valence-corrected chi connectivity index (χ4v) is 2.57. The van der Waals surface area contributed by atoms with Crippen LogP contribution in [-0.4, -0.2) is 19.3 Å². The molecule has 2 atom stereocenters. The molecular formula is C12H25O4P. The molecule has 0 heterocycles. The van der Waals surface area contributed by atoms with Crippen molar-refractivity contribution in [2.24, 2.45) is 0 Å². The van der Waals surface area contributed by atoms with Crippen molar-refractivity contribution in [3.63, 3.8) is 0 Å². The van der Waals surface area contributed by atoms with E-state index in [-0.39, 0.29) is 6.10 Å². The average Bonchev–Trinajstić information content (AvgIpc) is 2.29. The summed E-state index contributed by atoms with van der Waals surface area (Å²) in [6, 6.07) is 0. The van der Waals surface area contributed by atoms with Crippen LogP contribution in [0.5, 0.6) is 0 Å². The minimum atomic E-state index is -3.41. The average molecular weight is 264 g/mol. The lowest BCUT2D eigenvalue weighted by atomic mass is 10.2. The van der Waals surface area contributed by atoms with Crippen molar-refractivity contribution in [2.45, 2.75) is 52.6 Å². The molecule has 0 spiro atoms. The Morgan fingerprint density at radius 2 is 1.94 bits per heavy atom. The highest BCUT2D eigenvalue weighted by Gasteiger charge is 2.27. The fraction of sp³-hybridized carbons (Fsp3) is 0.833. The number of phosphoric ester groups is 1. The normalized spacial score (nSPS) is 16.4. The van der Waals surface area contributed by atoms with E-state index in [1.165, 1.54) is 0 Å². The molecule has 0 aliphatic heterocycles. The van der Waals surface area contributed by atoms with Gasteiger partial charge in [0.1, 0.15) is 0 Å². The van der Waals surface area contributed by atoms with E-state index >= 15 is 0 Å². The highest BCUT2D eigenvalue weighted by molar-refractivity contribution is 7.48. The third kappa shape index (κ3) is 8.56. The monoisotopic (exact) mass is 264 g/mol. The summed E-state index contributed by atoms with van der Waals surface area (Å²) in [5.74, 6) is 0. The minimum Gasteiger partial charge on any atom is -0.287 e. The molecule has 0 aromatic rings. The Hall–Kier alpha value is -0.150. The molecule has 4 nitrogen and oxygen atoms in total. The first kappa shape index (κ1) is 16.9. The number of hydrogen-bond donors (Lipinski definition) is 0. The molecule has 17 heavy (non-hydrogen) atoms. The Morgan fingerprint density at radius 3 is 2.47 bits per heavy atom. The van der Waals surface area contributed by atoms with Crippen molar-refractivity contribution < 1.29 is 18.1 Å². The summed E-state index contributed by atoms with van der Waals surface area (Å²) in [4.78, 5) is 0.